The van der Waals surface area contributed by atoms with Crippen LogP contribution in [0.2, 0.25) is 0 Å². The van der Waals surface area contributed by atoms with Gasteiger partial charge in [-0.2, -0.15) is 0 Å². The number of benzene rings is 2. The molecule has 29 heavy (non-hydrogen) atoms. The first-order valence-electron chi connectivity index (χ1n) is 9.45. The summed E-state index contributed by atoms with van der Waals surface area (Å²) in [6, 6.07) is 9.21. The Morgan fingerprint density at radius 3 is 2.24 bits per heavy atom. The summed E-state index contributed by atoms with van der Waals surface area (Å²) in [5, 5.41) is 13.8. The van der Waals surface area contributed by atoms with E-state index in [-0.39, 0.29) is 16.1 Å². The zero-order valence-corrected chi connectivity index (χ0v) is 18.8. The summed E-state index contributed by atoms with van der Waals surface area (Å²) in [7, 11) is -0.330. The van der Waals surface area contributed by atoms with Gasteiger partial charge in [0.1, 0.15) is 10.6 Å². The molecule has 7 heteroatoms. The van der Waals surface area contributed by atoms with Gasteiger partial charge < -0.3 is 19.9 Å². The fraction of sp³-hybridized carbons (Fsp3) is 0.455. The molecule has 0 atom stereocenters. The maximum Gasteiger partial charge on any atom is 0.179 e. The summed E-state index contributed by atoms with van der Waals surface area (Å²) >= 11 is 0. The fourth-order valence-corrected chi connectivity index (χ4v) is 3.83. The molecule has 2 N–H and O–H groups in total. The van der Waals surface area contributed by atoms with Crippen molar-refractivity contribution in [1.29, 1.82) is 0 Å². The second-order valence-electron chi connectivity index (χ2n) is 8.12. The Labute approximate surface area is 173 Å². The first-order chi connectivity index (χ1) is 13.5. The molecule has 0 spiro atoms. The minimum atomic E-state index is -3.53. The molecular weight excluding hydrogens is 390 g/mol. The third-order valence-electron chi connectivity index (χ3n) is 4.77. The predicted molar refractivity (Wildman–Crippen MR) is 115 cm³/mol. The van der Waals surface area contributed by atoms with Gasteiger partial charge in [0, 0.05) is 18.4 Å². The Balaban J connectivity index is 2.14. The van der Waals surface area contributed by atoms with Gasteiger partial charge >= 0.3 is 0 Å². The summed E-state index contributed by atoms with van der Waals surface area (Å²) in [4.78, 5) is -0.0263. The number of hydrogen-bond acceptors (Lipinski definition) is 6. The summed E-state index contributed by atoms with van der Waals surface area (Å²) < 4.78 is 34.8. The lowest BCUT2D eigenvalue weighted by Crippen LogP contribution is -2.19. The second kappa shape index (κ2) is 9.05. The number of ether oxygens (including phenoxy) is 2. The molecule has 0 saturated heterocycles. The van der Waals surface area contributed by atoms with Gasteiger partial charge in [-0.3, -0.25) is 0 Å². The van der Waals surface area contributed by atoms with Crippen molar-refractivity contribution in [1.82, 2.24) is 5.32 Å². The summed E-state index contributed by atoms with van der Waals surface area (Å²) in [6.45, 7) is 7.06. The Hall–Kier alpha value is -2.25. The van der Waals surface area contributed by atoms with Crippen LogP contribution in [0.4, 0.5) is 0 Å². The van der Waals surface area contributed by atoms with E-state index in [1.807, 2.05) is 45.0 Å². The average molecular weight is 422 g/mol. The van der Waals surface area contributed by atoms with E-state index in [1.165, 1.54) is 0 Å². The lowest BCUT2D eigenvalue weighted by Gasteiger charge is -2.22. The van der Waals surface area contributed by atoms with Crippen LogP contribution in [-0.4, -0.2) is 40.5 Å². The molecule has 160 valence electrons. The molecule has 0 aliphatic heterocycles. The van der Waals surface area contributed by atoms with Crippen LogP contribution in [0.1, 0.15) is 37.5 Å². The molecule has 0 heterocycles. The number of hydrogen-bond donors (Lipinski definition) is 2. The minimum Gasteiger partial charge on any atom is -0.506 e. The SMILES string of the molecule is COc1ccc(CCNCc2cc(C(C)(C)C)cc(S(C)(=O)=O)c2O)cc1OC. The van der Waals surface area contributed by atoms with Crippen molar-refractivity contribution in [3.63, 3.8) is 0 Å². The highest BCUT2D eigenvalue weighted by atomic mass is 32.2. The fourth-order valence-electron chi connectivity index (χ4n) is 3.01. The maximum absolute atomic E-state index is 12.1. The highest BCUT2D eigenvalue weighted by Crippen LogP contribution is 2.34. The third-order valence-corrected chi connectivity index (χ3v) is 5.88. The van der Waals surface area contributed by atoms with E-state index in [0.717, 1.165) is 23.8 Å². The van der Waals surface area contributed by atoms with Crippen LogP contribution in [0.25, 0.3) is 0 Å². The van der Waals surface area contributed by atoms with Gasteiger partial charge in [-0.15, -0.1) is 0 Å². The molecule has 0 amide bonds. The maximum atomic E-state index is 12.1. The molecule has 0 fully saturated rings. The van der Waals surface area contributed by atoms with Crippen molar-refractivity contribution in [2.24, 2.45) is 0 Å². The molecule has 0 aromatic heterocycles. The van der Waals surface area contributed by atoms with Crippen molar-refractivity contribution in [2.45, 2.75) is 44.0 Å². The zero-order valence-electron chi connectivity index (χ0n) is 18.0. The monoisotopic (exact) mass is 421 g/mol. The molecule has 0 aliphatic rings. The van der Waals surface area contributed by atoms with E-state index in [2.05, 4.69) is 5.32 Å². The number of aromatic hydroxyl groups is 1. The van der Waals surface area contributed by atoms with Crippen LogP contribution >= 0.6 is 0 Å². The third kappa shape index (κ3) is 5.87. The zero-order chi connectivity index (χ0) is 21.8. The Morgan fingerprint density at radius 1 is 1.03 bits per heavy atom. The lowest BCUT2D eigenvalue weighted by atomic mass is 9.86. The summed E-state index contributed by atoms with van der Waals surface area (Å²) in [5.74, 6) is 1.18. The Morgan fingerprint density at radius 2 is 1.69 bits per heavy atom. The van der Waals surface area contributed by atoms with Crippen LogP contribution < -0.4 is 14.8 Å². The standard InChI is InChI=1S/C22H31NO5S/c1-22(2,3)17-12-16(21(24)20(13-17)29(6,25)26)14-23-10-9-15-7-8-18(27-4)19(11-15)28-5/h7-8,11-13,23-24H,9-10,14H2,1-6H3. The largest absolute Gasteiger partial charge is 0.506 e. The van der Waals surface area contributed by atoms with Gasteiger partial charge in [-0.1, -0.05) is 32.9 Å². The number of methoxy groups -OCH3 is 2. The van der Waals surface area contributed by atoms with Crippen LogP contribution in [0.3, 0.4) is 0 Å². The molecule has 0 aliphatic carbocycles. The van der Waals surface area contributed by atoms with Crippen molar-refractivity contribution in [2.75, 3.05) is 27.0 Å². The van der Waals surface area contributed by atoms with E-state index >= 15 is 0 Å². The molecular formula is C22H31NO5S. The first kappa shape index (κ1) is 23.0. The molecule has 2 aromatic rings. The molecule has 2 rings (SSSR count). The first-order valence-corrected chi connectivity index (χ1v) is 11.3. The van der Waals surface area contributed by atoms with E-state index in [4.69, 9.17) is 9.47 Å². The van der Waals surface area contributed by atoms with E-state index in [1.54, 1.807) is 20.3 Å². The van der Waals surface area contributed by atoms with Crippen molar-refractivity contribution >= 4 is 9.84 Å². The quantitative estimate of drug-likeness (QED) is 0.635. The topological polar surface area (TPSA) is 84.9 Å². The normalized spacial score (nSPS) is 12.1. The number of phenols is 1. The van der Waals surface area contributed by atoms with Crippen molar-refractivity contribution < 1.29 is 23.0 Å². The van der Waals surface area contributed by atoms with Crippen LogP contribution in [0, 0.1) is 0 Å². The van der Waals surface area contributed by atoms with Crippen LogP contribution in [0.5, 0.6) is 17.2 Å². The molecule has 0 saturated carbocycles. The highest BCUT2D eigenvalue weighted by Gasteiger charge is 2.23. The smallest absolute Gasteiger partial charge is 0.179 e. The number of sulfone groups is 1. The van der Waals surface area contributed by atoms with Gasteiger partial charge in [-0.25, -0.2) is 8.42 Å². The average Bonchev–Trinajstić information content (AvgIpc) is 2.64. The van der Waals surface area contributed by atoms with E-state index in [0.29, 0.717) is 30.2 Å². The summed E-state index contributed by atoms with van der Waals surface area (Å²) in [6.07, 6.45) is 1.86. The minimum absolute atomic E-state index is 0.0263. The summed E-state index contributed by atoms with van der Waals surface area (Å²) in [5.41, 5.74) is 2.29. The number of nitrogens with one attached hydrogen (secondary N) is 1. The van der Waals surface area contributed by atoms with Crippen molar-refractivity contribution in [3.05, 3.63) is 47.0 Å². The van der Waals surface area contributed by atoms with Crippen LogP contribution in [0.15, 0.2) is 35.2 Å². The molecule has 0 unspecified atom stereocenters. The molecule has 2 aromatic carbocycles. The van der Waals surface area contributed by atoms with Crippen LogP contribution in [-0.2, 0) is 28.2 Å². The number of rotatable bonds is 8. The highest BCUT2D eigenvalue weighted by molar-refractivity contribution is 7.90. The second-order valence-corrected chi connectivity index (χ2v) is 10.1. The number of phenolic OH excluding ortho intramolecular Hbond substituents is 1. The lowest BCUT2D eigenvalue weighted by molar-refractivity contribution is 0.354. The van der Waals surface area contributed by atoms with E-state index in [9.17, 15) is 13.5 Å². The molecule has 6 nitrogen and oxygen atoms in total. The Bertz CT molecular complexity index is 962. The van der Waals surface area contributed by atoms with Crippen molar-refractivity contribution in [3.8, 4) is 17.2 Å². The van der Waals surface area contributed by atoms with Gasteiger partial charge in [-0.05, 0) is 47.7 Å². The Kier molecular flexibility index (Phi) is 7.19. The van der Waals surface area contributed by atoms with Gasteiger partial charge in [0.15, 0.2) is 21.3 Å². The molecule has 0 radical (unpaired) electrons. The van der Waals surface area contributed by atoms with E-state index < -0.39 is 9.84 Å². The van der Waals surface area contributed by atoms with Gasteiger partial charge in [0.25, 0.3) is 0 Å². The predicted octanol–water partition coefficient (Wildman–Crippen LogP) is 3.44. The van der Waals surface area contributed by atoms with Gasteiger partial charge in [0.05, 0.1) is 14.2 Å². The van der Waals surface area contributed by atoms with Gasteiger partial charge in [0.2, 0.25) is 0 Å². The molecule has 0 bridgehead atoms.